The first-order valence-electron chi connectivity index (χ1n) is 9.17. The second kappa shape index (κ2) is 9.78. The van der Waals surface area contributed by atoms with Crippen LogP contribution in [0.5, 0.6) is 5.75 Å². The summed E-state index contributed by atoms with van der Waals surface area (Å²) in [5.41, 5.74) is 1.14. The highest BCUT2D eigenvalue weighted by atomic mass is 16.7. The number of esters is 1. The van der Waals surface area contributed by atoms with E-state index in [0.29, 0.717) is 6.61 Å². The largest absolute Gasteiger partial charge is 0.508 e. The van der Waals surface area contributed by atoms with Crippen LogP contribution in [0.15, 0.2) is 24.3 Å². The van der Waals surface area contributed by atoms with Gasteiger partial charge in [-0.15, -0.1) is 0 Å². The highest BCUT2D eigenvalue weighted by Crippen LogP contribution is 2.29. The molecule has 1 N–H and O–H groups in total. The van der Waals surface area contributed by atoms with Crippen LogP contribution >= 0.6 is 0 Å². The standard InChI is InChI=1S/C20H30O5/c1-4-15(16-8-10-17(21)11-9-16)12-14(2)20(22)24-13-18-6-5-7-19(23-3)25-18/h8-11,14-15,18-19,21H,4-7,12-13H2,1-3H3. The monoisotopic (exact) mass is 350 g/mol. The van der Waals surface area contributed by atoms with Gasteiger partial charge in [-0.3, -0.25) is 4.79 Å². The zero-order valence-corrected chi connectivity index (χ0v) is 15.4. The Morgan fingerprint density at radius 3 is 2.68 bits per heavy atom. The van der Waals surface area contributed by atoms with Crippen molar-refractivity contribution in [3.8, 4) is 5.75 Å². The molecule has 0 aromatic heterocycles. The Bertz CT molecular complexity index is 527. The normalized spacial score (nSPS) is 23.0. The van der Waals surface area contributed by atoms with Crippen LogP contribution in [0.2, 0.25) is 0 Å². The number of aromatic hydroxyl groups is 1. The maximum absolute atomic E-state index is 12.3. The molecule has 140 valence electrons. The van der Waals surface area contributed by atoms with Crippen molar-refractivity contribution < 1.29 is 24.1 Å². The second-order valence-corrected chi connectivity index (χ2v) is 6.82. The fraction of sp³-hybridized carbons (Fsp3) is 0.650. The molecule has 4 atom stereocenters. The van der Waals surface area contributed by atoms with Crippen LogP contribution in [0.25, 0.3) is 0 Å². The molecule has 1 heterocycles. The van der Waals surface area contributed by atoms with E-state index in [-0.39, 0.29) is 35.9 Å². The van der Waals surface area contributed by atoms with E-state index in [4.69, 9.17) is 14.2 Å². The Hall–Kier alpha value is -1.59. The Balaban J connectivity index is 1.81. The molecule has 1 fully saturated rings. The molecule has 5 nitrogen and oxygen atoms in total. The Morgan fingerprint density at radius 2 is 2.04 bits per heavy atom. The molecule has 25 heavy (non-hydrogen) atoms. The van der Waals surface area contributed by atoms with Crippen molar-refractivity contribution in [2.75, 3.05) is 13.7 Å². The average molecular weight is 350 g/mol. The third kappa shape index (κ3) is 6.01. The lowest BCUT2D eigenvalue weighted by Crippen LogP contribution is -2.33. The molecule has 1 saturated heterocycles. The number of hydrogen-bond acceptors (Lipinski definition) is 5. The highest BCUT2D eigenvalue weighted by Gasteiger charge is 2.25. The molecule has 0 radical (unpaired) electrons. The summed E-state index contributed by atoms with van der Waals surface area (Å²) in [7, 11) is 1.63. The van der Waals surface area contributed by atoms with E-state index in [1.54, 1.807) is 19.2 Å². The molecule has 0 bridgehead atoms. The van der Waals surface area contributed by atoms with Crippen molar-refractivity contribution >= 4 is 5.97 Å². The number of ether oxygens (including phenoxy) is 3. The number of phenols is 1. The number of carbonyl (C=O) groups is 1. The van der Waals surface area contributed by atoms with Gasteiger partial charge in [-0.05, 0) is 55.7 Å². The minimum absolute atomic E-state index is 0.0751. The molecule has 0 amide bonds. The zero-order chi connectivity index (χ0) is 18.2. The van der Waals surface area contributed by atoms with E-state index in [9.17, 15) is 9.90 Å². The van der Waals surface area contributed by atoms with Gasteiger partial charge in [0, 0.05) is 7.11 Å². The first kappa shape index (κ1) is 19.7. The predicted molar refractivity (Wildman–Crippen MR) is 95.4 cm³/mol. The minimum atomic E-state index is -0.186. The Kier molecular flexibility index (Phi) is 7.72. The Labute approximate surface area is 150 Å². The molecule has 4 unspecified atom stereocenters. The van der Waals surface area contributed by atoms with Gasteiger partial charge in [-0.2, -0.15) is 0 Å². The SMILES string of the molecule is CCC(CC(C)C(=O)OCC1CCCC(OC)O1)c1ccc(O)cc1. The van der Waals surface area contributed by atoms with Crippen molar-refractivity contribution in [2.24, 2.45) is 5.92 Å². The van der Waals surface area contributed by atoms with Crippen LogP contribution < -0.4 is 0 Å². The van der Waals surface area contributed by atoms with Gasteiger partial charge in [0.2, 0.25) is 0 Å². The summed E-state index contributed by atoms with van der Waals surface area (Å²) in [4.78, 5) is 12.3. The van der Waals surface area contributed by atoms with Gasteiger partial charge in [0.05, 0.1) is 12.0 Å². The molecule has 1 aromatic rings. The molecule has 0 spiro atoms. The van der Waals surface area contributed by atoms with E-state index in [0.717, 1.165) is 37.7 Å². The lowest BCUT2D eigenvalue weighted by molar-refractivity contribution is -0.196. The molecule has 0 aliphatic carbocycles. The van der Waals surface area contributed by atoms with Gasteiger partial charge in [0.25, 0.3) is 0 Å². The van der Waals surface area contributed by atoms with Crippen LogP contribution in [0, 0.1) is 5.92 Å². The van der Waals surface area contributed by atoms with Crippen molar-refractivity contribution in [3.05, 3.63) is 29.8 Å². The van der Waals surface area contributed by atoms with Crippen LogP contribution in [0.3, 0.4) is 0 Å². The van der Waals surface area contributed by atoms with Crippen LogP contribution in [0.4, 0.5) is 0 Å². The van der Waals surface area contributed by atoms with E-state index in [1.807, 2.05) is 19.1 Å². The number of rotatable bonds is 8. The van der Waals surface area contributed by atoms with Crippen LogP contribution in [-0.4, -0.2) is 37.2 Å². The molecule has 0 saturated carbocycles. The molecular formula is C20H30O5. The number of phenolic OH excluding ortho intramolecular Hbond substituents is 1. The summed E-state index contributed by atoms with van der Waals surface area (Å²) in [5, 5.41) is 9.42. The van der Waals surface area contributed by atoms with Gasteiger partial charge >= 0.3 is 5.97 Å². The highest BCUT2D eigenvalue weighted by molar-refractivity contribution is 5.72. The molecular weight excluding hydrogens is 320 g/mol. The number of benzene rings is 1. The predicted octanol–water partition coefficient (Wildman–Crippen LogP) is 4.00. The molecule has 5 heteroatoms. The molecule has 2 rings (SSSR count). The van der Waals surface area contributed by atoms with Gasteiger partial charge in [-0.1, -0.05) is 26.0 Å². The van der Waals surface area contributed by atoms with Gasteiger partial charge in [0.15, 0.2) is 6.29 Å². The van der Waals surface area contributed by atoms with Crippen molar-refractivity contribution in [1.82, 2.24) is 0 Å². The van der Waals surface area contributed by atoms with Gasteiger partial charge < -0.3 is 19.3 Å². The number of carbonyl (C=O) groups excluding carboxylic acids is 1. The smallest absolute Gasteiger partial charge is 0.308 e. The maximum Gasteiger partial charge on any atom is 0.308 e. The average Bonchev–Trinajstić information content (AvgIpc) is 2.64. The third-order valence-electron chi connectivity index (χ3n) is 4.88. The quantitative estimate of drug-likeness (QED) is 0.718. The summed E-state index contributed by atoms with van der Waals surface area (Å²) < 4.78 is 16.4. The van der Waals surface area contributed by atoms with Crippen molar-refractivity contribution in [1.29, 1.82) is 0 Å². The van der Waals surface area contributed by atoms with Gasteiger partial charge in [0.1, 0.15) is 12.4 Å². The summed E-state index contributed by atoms with van der Waals surface area (Å²) >= 11 is 0. The lowest BCUT2D eigenvalue weighted by atomic mass is 9.87. The minimum Gasteiger partial charge on any atom is -0.508 e. The second-order valence-electron chi connectivity index (χ2n) is 6.82. The molecule has 1 aliphatic rings. The Morgan fingerprint density at radius 1 is 1.32 bits per heavy atom. The van der Waals surface area contributed by atoms with Gasteiger partial charge in [-0.25, -0.2) is 0 Å². The third-order valence-corrected chi connectivity index (χ3v) is 4.88. The summed E-state index contributed by atoms with van der Waals surface area (Å²) in [6.07, 6.45) is 4.21. The number of methoxy groups -OCH3 is 1. The van der Waals surface area contributed by atoms with E-state index >= 15 is 0 Å². The maximum atomic E-state index is 12.3. The van der Waals surface area contributed by atoms with Crippen molar-refractivity contribution in [3.63, 3.8) is 0 Å². The zero-order valence-electron chi connectivity index (χ0n) is 15.4. The van der Waals surface area contributed by atoms with Crippen LogP contribution in [-0.2, 0) is 19.0 Å². The van der Waals surface area contributed by atoms with Crippen molar-refractivity contribution in [2.45, 2.75) is 64.3 Å². The summed E-state index contributed by atoms with van der Waals surface area (Å²) in [6.45, 7) is 4.31. The fourth-order valence-electron chi connectivity index (χ4n) is 3.28. The molecule has 1 aromatic carbocycles. The van der Waals surface area contributed by atoms with Crippen LogP contribution in [0.1, 0.15) is 57.4 Å². The summed E-state index contributed by atoms with van der Waals surface area (Å²) in [5.74, 6) is 0.167. The number of hydrogen-bond donors (Lipinski definition) is 1. The molecule has 1 aliphatic heterocycles. The first-order valence-corrected chi connectivity index (χ1v) is 9.17. The van der Waals surface area contributed by atoms with E-state index in [2.05, 4.69) is 6.92 Å². The topological polar surface area (TPSA) is 65.0 Å². The van der Waals surface area contributed by atoms with E-state index in [1.165, 1.54) is 0 Å². The van der Waals surface area contributed by atoms with E-state index < -0.39 is 0 Å². The first-order chi connectivity index (χ1) is 12.0. The summed E-state index contributed by atoms with van der Waals surface area (Å²) in [6, 6.07) is 7.21. The fourth-order valence-corrected chi connectivity index (χ4v) is 3.28. The lowest BCUT2D eigenvalue weighted by Gasteiger charge is -2.29.